The maximum Gasteiger partial charge on any atom is 0.177 e. The summed E-state index contributed by atoms with van der Waals surface area (Å²) in [6.45, 7) is 5.07. The molecule has 0 aliphatic rings. The van der Waals surface area contributed by atoms with Crippen molar-refractivity contribution in [2.24, 2.45) is 0 Å². The molecule has 0 amide bonds. The summed E-state index contributed by atoms with van der Waals surface area (Å²) in [5.41, 5.74) is 1.32. The normalized spacial score (nSPS) is 9.73. The van der Waals surface area contributed by atoms with Crippen LogP contribution in [0.25, 0.3) is 0 Å². The Morgan fingerprint density at radius 3 is 2.91 bits per heavy atom. The lowest BCUT2D eigenvalue weighted by molar-refractivity contribution is 0.790. The van der Waals surface area contributed by atoms with Crippen molar-refractivity contribution in [3.8, 4) is 0 Å². The number of aromatic nitrogens is 2. The summed E-state index contributed by atoms with van der Waals surface area (Å²) < 4.78 is 2.92. The van der Waals surface area contributed by atoms with Gasteiger partial charge in [-0.3, -0.25) is 0 Å². The van der Waals surface area contributed by atoms with Crippen molar-refractivity contribution in [3.63, 3.8) is 0 Å². The van der Waals surface area contributed by atoms with Crippen molar-refractivity contribution >= 4 is 15.9 Å². The van der Waals surface area contributed by atoms with Crippen LogP contribution < -0.4 is 0 Å². The van der Waals surface area contributed by atoms with Gasteiger partial charge in [0.05, 0.1) is 0 Å². The van der Waals surface area contributed by atoms with Crippen molar-refractivity contribution < 1.29 is 0 Å². The fraction of sp³-hybridized carbons (Fsp3) is 0.375. The topological polar surface area (TPSA) is 17.8 Å². The Balaban J connectivity index is 2.65. The Labute approximate surface area is 75.1 Å². The SMILES string of the molecule is CC(C)=CCn1ccnc1Br. The van der Waals surface area contributed by atoms with Crippen LogP contribution in [0.15, 0.2) is 28.8 Å². The summed E-state index contributed by atoms with van der Waals surface area (Å²) in [6.07, 6.45) is 5.89. The third-order valence-electron chi connectivity index (χ3n) is 1.36. The monoisotopic (exact) mass is 214 g/mol. The predicted molar refractivity (Wildman–Crippen MR) is 49.4 cm³/mol. The zero-order valence-electron chi connectivity index (χ0n) is 6.71. The number of nitrogens with zero attached hydrogens (tertiary/aromatic N) is 2. The first-order valence-corrected chi connectivity index (χ1v) is 4.29. The molecule has 1 rings (SSSR count). The Morgan fingerprint density at radius 1 is 1.73 bits per heavy atom. The van der Waals surface area contributed by atoms with Gasteiger partial charge < -0.3 is 4.57 Å². The highest BCUT2D eigenvalue weighted by molar-refractivity contribution is 9.10. The van der Waals surface area contributed by atoms with E-state index in [1.54, 1.807) is 6.20 Å². The molecule has 0 atom stereocenters. The van der Waals surface area contributed by atoms with Crippen molar-refractivity contribution in [2.45, 2.75) is 20.4 Å². The summed E-state index contributed by atoms with van der Waals surface area (Å²) in [4.78, 5) is 4.04. The van der Waals surface area contributed by atoms with Gasteiger partial charge in [-0.2, -0.15) is 0 Å². The number of halogens is 1. The molecule has 1 aromatic heterocycles. The Bertz CT molecular complexity index is 259. The molecule has 0 N–H and O–H groups in total. The molecule has 0 aromatic carbocycles. The molecule has 2 nitrogen and oxygen atoms in total. The van der Waals surface area contributed by atoms with E-state index in [1.807, 2.05) is 10.8 Å². The van der Waals surface area contributed by atoms with Gasteiger partial charge in [0.25, 0.3) is 0 Å². The highest BCUT2D eigenvalue weighted by Crippen LogP contribution is 2.06. The highest BCUT2D eigenvalue weighted by Gasteiger charge is 1.93. The van der Waals surface area contributed by atoms with Crippen LogP contribution in [-0.2, 0) is 6.54 Å². The van der Waals surface area contributed by atoms with E-state index in [-0.39, 0.29) is 0 Å². The molecule has 3 heteroatoms. The molecule has 1 heterocycles. The fourth-order valence-electron chi connectivity index (χ4n) is 0.728. The molecule has 0 spiro atoms. The Kier molecular flexibility index (Phi) is 2.88. The van der Waals surface area contributed by atoms with Crippen LogP contribution >= 0.6 is 15.9 Å². The van der Waals surface area contributed by atoms with Crippen molar-refractivity contribution in [2.75, 3.05) is 0 Å². The second kappa shape index (κ2) is 3.72. The summed E-state index contributed by atoms with van der Waals surface area (Å²) in [7, 11) is 0. The molecule has 0 aliphatic carbocycles. The average molecular weight is 215 g/mol. The molecule has 60 valence electrons. The quantitative estimate of drug-likeness (QED) is 0.693. The van der Waals surface area contributed by atoms with Crippen LogP contribution in [0.3, 0.4) is 0 Å². The van der Waals surface area contributed by atoms with Crippen LogP contribution in [0.5, 0.6) is 0 Å². The van der Waals surface area contributed by atoms with E-state index in [2.05, 4.69) is 40.8 Å². The summed E-state index contributed by atoms with van der Waals surface area (Å²) in [6, 6.07) is 0. The van der Waals surface area contributed by atoms with Gasteiger partial charge in [-0.15, -0.1) is 0 Å². The molecule has 0 bridgehead atoms. The predicted octanol–water partition coefficient (Wildman–Crippen LogP) is 2.61. The van der Waals surface area contributed by atoms with Crippen LogP contribution in [0.4, 0.5) is 0 Å². The fourth-order valence-corrected chi connectivity index (χ4v) is 1.11. The number of imidazole rings is 1. The first-order chi connectivity index (χ1) is 5.20. The van der Waals surface area contributed by atoms with Crippen LogP contribution in [0.2, 0.25) is 0 Å². The van der Waals surface area contributed by atoms with Gasteiger partial charge in [0.15, 0.2) is 4.73 Å². The Hall–Kier alpha value is -0.570. The smallest absolute Gasteiger partial charge is 0.177 e. The van der Waals surface area contributed by atoms with E-state index in [0.29, 0.717) is 0 Å². The lowest BCUT2D eigenvalue weighted by Crippen LogP contribution is -1.93. The summed E-state index contributed by atoms with van der Waals surface area (Å²) >= 11 is 3.34. The molecular weight excluding hydrogens is 204 g/mol. The molecule has 0 radical (unpaired) electrons. The zero-order chi connectivity index (χ0) is 8.27. The first-order valence-electron chi connectivity index (χ1n) is 3.50. The van der Waals surface area contributed by atoms with Crippen molar-refractivity contribution in [1.29, 1.82) is 0 Å². The first kappa shape index (κ1) is 8.53. The second-order valence-electron chi connectivity index (χ2n) is 2.63. The van der Waals surface area contributed by atoms with E-state index >= 15 is 0 Å². The molecule has 11 heavy (non-hydrogen) atoms. The summed E-state index contributed by atoms with van der Waals surface area (Å²) in [5.74, 6) is 0. The van der Waals surface area contributed by atoms with Gasteiger partial charge >= 0.3 is 0 Å². The molecular formula is C8H11BrN2. The molecule has 0 fully saturated rings. The molecule has 0 unspecified atom stereocenters. The molecule has 1 aromatic rings. The third kappa shape index (κ3) is 2.50. The lowest BCUT2D eigenvalue weighted by Gasteiger charge is -1.98. The molecule has 0 saturated carbocycles. The second-order valence-corrected chi connectivity index (χ2v) is 3.34. The van der Waals surface area contributed by atoms with Gasteiger partial charge in [-0.1, -0.05) is 11.6 Å². The van der Waals surface area contributed by atoms with Gasteiger partial charge in [-0.25, -0.2) is 4.98 Å². The Morgan fingerprint density at radius 2 is 2.45 bits per heavy atom. The van der Waals surface area contributed by atoms with Crippen LogP contribution in [0.1, 0.15) is 13.8 Å². The largest absolute Gasteiger partial charge is 0.322 e. The van der Waals surface area contributed by atoms with Gasteiger partial charge in [-0.05, 0) is 29.8 Å². The van der Waals surface area contributed by atoms with E-state index in [0.717, 1.165) is 11.3 Å². The van der Waals surface area contributed by atoms with Crippen LogP contribution in [-0.4, -0.2) is 9.55 Å². The van der Waals surface area contributed by atoms with Gasteiger partial charge in [0.2, 0.25) is 0 Å². The number of rotatable bonds is 2. The maximum atomic E-state index is 4.04. The minimum atomic E-state index is 0.884. The summed E-state index contributed by atoms with van der Waals surface area (Å²) in [5, 5.41) is 0. The van der Waals surface area contributed by atoms with Gasteiger partial charge in [0, 0.05) is 18.9 Å². The minimum absolute atomic E-state index is 0.884. The van der Waals surface area contributed by atoms with Crippen LogP contribution in [0, 0.1) is 0 Å². The average Bonchev–Trinajstić information content (AvgIpc) is 2.31. The number of allylic oxidation sites excluding steroid dienone is 2. The number of hydrogen-bond acceptors (Lipinski definition) is 1. The standard InChI is InChI=1S/C8H11BrN2/c1-7(2)3-5-11-6-4-10-8(11)9/h3-4,6H,5H2,1-2H3. The van der Waals surface area contributed by atoms with E-state index in [1.165, 1.54) is 5.57 Å². The number of hydrogen-bond donors (Lipinski definition) is 0. The highest BCUT2D eigenvalue weighted by atomic mass is 79.9. The molecule has 0 saturated heterocycles. The van der Waals surface area contributed by atoms with Crippen molar-refractivity contribution in [1.82, 2.24) is 9.55 Å². The molecule has 0 aliphatic heterocycles. The minimum Gasteiger partial charge on any atom is -0.322 e. The maximum absolute atomic E-state index is 4.04. The third-order valence-corrected chi connectivity index (χ3v) is 2.02. The van der Waals surface area contributed by atoms with Crippen molar-refractivity contribution in [3.05, 3.63) is 28.8 Å². The van der Waals surface area contributed by atoms with E-state index in [9.17, 15) is 0 Å². The van der Waals surface area contributed by atoms with E-state index < -0.39 is 0 Å². The van der Waals surface area contributed by atoms with E-state index in [4.69, 9.17) is 0 Å². The lowest BCUT2D eigenvalue weighted by atomic mass is 10.3. The van der Waals surface area contributed by atoms with Gasteiger partial charge in [0.1, 0.15) is 0 Å². The zero-order valence-corrected chi connectivity index (χ0v) is 8.30.